The third kappa shape index (κ3) is 2.13. The van der Waals surface area contributed by atoms with Gasteiger partial charge in [0.25, 0.3) is 0 Å². The van der Waals surface area contributed by atoms with Crippen molar-refractivity contribution in [2.45, 2.75) is 27.3 Å². The highest BCUT2D eigenvalue weighted by molar-refractivity contribution is 6.61. The molecule has 0 N–H and O–H groups in total. The minimum Gasteiger partial charge on any atom is -0.406 e. The van der Waals surface area contributed by atoms with Crippen LogP contribution in [0.1, 0.15) is 20.8 Å². The molecular formula is C10H16BFN2O2. The second-order valence-corrected chi connectivity index (χ2v) is 4.82. The first kappa shape index (κ1) is 11.6. The van der Waals surface area contributed by atoms with Gasteiger partial charge in [-0.1, -0.05) is 13.8 Å². The Bertz CT molecular complexity index is 371. The van der Waals surface area contributed by atoms with E-state index in [1.807, 2.05) is 6.92 Å². The Morgan fingerprint density at radius 2 is 2.12 bits per heavy atom. The van der Waals surface area contributed by atoms with Crippen molar-refractivity contribution in [1.82, 2.24) is 9.78 Å². The summed E-state index contributed by atoms with van der Waals surface area (Å²) in [6, 6.07) is 0. The summed E-state index contributed by atoms with van der Waals surface area (Å²) in [6.07, 6.45) is 1.47. The van der Waals surface area contributed by atoms with E-state index in [2.05, 4.69) is 18.9 Å². The zero-order chi connectivity index (χ0) is 11.8. The molecule has 2 heterocycles. The topological polar surface area (TPSA) is 36.3 Å². The highest BCUT2D eigenvalue weighted by atomic mass is 19.1. The van der Waals surface area contributed by atoms with Crippen molar-refractivity contribution in [3.63, 3.8) is 0 Å². The van der Waals surface area contributed by atoms with Crippen LogP contribution in [0.25, 0.3) is 0 Å². The van der Waals surface area contributed by atoms with Gasteiger partial charge in [0.15, 0.2) is 0 Å². The molecule has 1 saturated heterocycles. The van der Waals surface area contributed by atoms with Crippen LogP contribution in [-0.4, -0.2) is 30.1 Å². The molecular weight excluding hydrogens is 210 g/mol. The molecule has 0 radical (unpaired) electrons. The molecule has 0 bridgehead atoms. The summed E-state index contributed by atoms with van der Waals surface area (Å²) in [5.41, 5.74) is 0.380. The smallest absolute Gasteiger partial charge is 0.406 e. The van der Waals surface area contributed by atoms with Gasteiger partial charge in [0.05, 0.1) is 11.7 Å². The lowest BCUT2D eigenvalue weighted by Crippen LogP contribution is -2.48. The first-order chi connectivity index (χ1) is 7.53. The number of hydrogen-bond donors (Lipinski definition) is 0. The van der Waals surface area contributed by atoms with Gasteiger partial charge in [0, 0.05) is 25.2 Å². The van der Waals surface area contributed by atoms with Gasteiger partial charge in [-0.25, -0.2) is 4.68 Å². The Morgan fingerprint density at radius 3 is 2.62 bits per heavy atom. The molecule has 0 aliphatic carbocycles. The van der Waals surface area contributed by atoms with Gasteiger partial charge in [0.1, 0.15) is 0 Å². The van der Waals surface area contributed by atoms with Crippen molar-refractivity contribution in [3.8, 4) is 0 Å². The van der Waals surface area contributed by atoms with Crippen LogP contribution in [0.4, 0.5) is 4.39 Å². The summed E-state index contributed by atoms with van der Waals surface area (Å²) in [7, 11) is -0.617. The fourth-order valence-corrected chi connectivity index (χ4v) is 1.64. The van der Waals surface area contributed by atoms with E-state index >= 15 is 0 Å². The molecule has 4 nitrogen and oxygen atoms in total. The highest BCUT2D eigenvalue weighted by Gasteiger charge is 2.36. The third-order valence-corrected chi connectivity index (χ3v) is 2.61. The van der Waals surface area contributed by atoms with Gasteiger partial charge in [-0.3, -0.25) is 0 Å². The number of halogens is 1. The second kappa shape index (κ2) is 4.18. The van der Waals surface area contributed by atoms with Crippen molar-refractivity contribution in [2.75, 3.05) is 13.2 Å². The van der Waals surface area contributed by atoms with Crippen molar-refractivity contribution in [3.05, 3.63) is 12.1 Å². The first-order valence-electron chi connectivity index (χ1n) is 5.48. The molecule has 1 aromatic rings. The summed E-state index contributed by atoms with van der Waals surface area (Å²) in [5.74, 6) is -0.368. The SMILES string of the molecule is CCn1ncc(B2OCC(C)(C)CO2)c1F. The lowest BCUT2D eigenvalue weighted by molar-refractivity contribution is 0.0340. The van der Waals surface area contributed by atoms with Gasteiger partial charge >= 0.3 is 7.12 Å². The van der Waals surface area contributed by atoms with Crippen LogP contribution in [-0.2, 0) is 15.9 Å². The fourth-order valence-electron chi connectivity index (χ4n) is 1.64. The Kier molecular flexibility index (Phi) is 3.03. The minimum atomic E-state index is -0.617. The van der Waals surface area contributed by atoms with Crippen LogP contribution in [0.15, 0.2) is 6.20 Å². The van der Waals surface area contributed by atoms with Crippen LogP contribution in [0.3, 0.4) is 0 Å². The van der Waals surface area contributed by atoms with Crippen molar-refractivity contribution >= 4 is 12.6 Å². The summed E-state index contributed by atoms with van der Waals surface area (Å²) in [5, 5.41) is 3.93. The average Bonchev–Trinajstić information content (AvgIpc) is 2.60. The van der Waals surface area contributed by atoms with E-state index in [4.69, 9.17) is 9.31 Å². The van der Waals surface area contributed by atoms with Gasteiger partial charge in [-0.05, 0) is 6.92 Å². The first-order valence-corrected chi connectivity index (χ1v) is 5.48. The minimum absolute atomic E-state index is 0.00622. The van der Waals surface area contributed by atoms with E-state index in [0.29, 0.717) is 25.2 Å². The van der Waals surface area contributed by atoms with Gasteiger partial charge < -0.3 is 9.31 Å². The van der Waals surface area contributed by atoms with Gasteiger partial charge in [-0.15, -0.1) is 0 Å². The molecule has 2 rings (SSSR count). The van der Waals surface area contributed by atoms with Crippen LogP contribution < -0.4 is 5.46 Å². The predicted octanol–water partition coefficient (Wildman–Crippen LogP) is 0.810. The van der Waals surface area contributed by atoms with Crippen molar-refractivity contribution in [2.24, 2.45) is 5.41 Å². The molecule has 1 fully saturated rings. The number of nitrogens with zero attached hydrogens (tertiary/aromatic N) is 2. The molecule has 0 amide bonds. The van der Waals surface area contributed by atoms with E-state index < -0.39 is 7.12 Å². The summed E-state index contributed by atoms with van der Waals surface area (Å²) in [4.78, 5) is 0. The molecule has 0 saturated carbocycles. The molecule has 0 spiro atoms. The predicted molar refractivity (Wildman–Crippen MR) is 58.9 cm³/mol. The van der Waals surface area contributed by atoms with E-state index in [-0.39, 0.29) is 11.4 Å². The van der Waals surface area contributed by atoms with E-state index in [9.17, 15) is 4.39 Å². The van der Waals surface area contributed by atoms with Crippen LogP contribution in [0, 0.1) is 11.4 Å². The summed E-state index contributed by atoms with van der Waals surface area (Å²) >= 11 is 0. The van der Waals surface area contributed by atoms with Crippen molar-refractivity contribution < 1.29 is 13.7 Å². The van der Waals surface area contributed by atoms with Crippen LogP contribution in [0.2, 0.25) is 0 Å². The number of aromatic nitrogens is 2. The molecule has 16 heavy (non-hydrogen) atoms. The molecule has 1 aliphatic rings. The van der Waals surface area contributed by atoms with E-state index in [1.54, 1.807) is 0 Å². The molecule has 88 valence electrons. The molecule has 0 unspecified atom stereocenters. The van der Waals surface area contributed by atoms with Crippen molar-refractivity contribution in [1.29, 1.82) is 0 Å². The largest absolute Gasteiger partial charge is 0.500 e. The second-order valence-electron chi connectivity index (χ2n) is 4.82. The van der Waals surface area contributed by atoms with Gasteiger partial charge in [-0.2, -0.15) is 9.49 Å². The Morgan fingerprint density at radius 1 is 1.50 bits per heavy atom. The maximum atomic E-state index is 13.8. The Hall–Kier alpha value is -0.875. The summed E-state index contributed by atoms with van der Waals surface area (Å²) < 4.78 is 26.0. The zero-order valence-electron chi connectivity index (χ0n) is 9.86. The van der Waals surface area contributed by atoms with Gasteiger partial charge in [0.2, 0.25) is 5.95 Å². The monoisotopic (exact) mass is 226 g/mol. The zero-order valence-corrected chi connectivity index (χ0v) is 9.86. The highest BCUT2D eigenvalue weighted by Crippen LogP contribution is 2.21. The third-order valence-electron chi connectivity index (χ3n) is 2.61. The molecule has 6 heteroatoms. The fraction of sp³-hybridized carbons (Fsp3) is 0.700. The van der Waals surface area contributed by atoms with E-state index in [1.165, 1.54) is 10.9 Å². The lowest BCUT2D eigenvalue weighted by atomic mass is 9.77. The number of aryl methyl sites for hydroxylation is 1. The molecule has 1 aromatic heterocycles. The van der Waals surface area contributed by atoms with Crippen LogP contribution >= 0.6 is 0 Å². The quantitative estimate of drug-likeness (QED) is 0.700. The van der Waals surface area contributed by atoms with Crippen LogP contribution in [0.5, 0.6) is 0 Å². The summed E-state index contributed by atoms with van der Waals surface area (Å²) in [6.45, 7) is 7.57. The average molecular weight is 226 g/mol. The maximum absolute atomic E-state index is 13.8. The van der Waals surface area contributed by atoms with E-state index in [0.717, 1.165) is 0 Å². The normalized spacial score (nSPS) is 20.1. The number of hydrogen-bond acceptors (Lipinski definition) is 3. The Balaban J connectivity index is 2.11. The lowest BCUT2D eigenvalue weighted by Gasteiger charge is -2.32. The Labute approximate surface area is 94.9 Å². The standard InChI is InChI=1S/C10H16BFN2O2/c1-4-14-9(12)8(5-13-14)11-15-6-10(2,3)7-16-11/h5H,4,6-7H2,1-3H3. The molecule has 1 aliphatic heterocycles. The maximum Gasteiger partial charge on any atom is 0.500 e. The number of rotatable bonds is 2. The molecule has 0 aromatic carbocycles. The molecule has 0 atom stereocenters.